The van der Waals surface area contributed by atoms with Crippen molar-refractivity contribution in [3.05, 3.63) is 6.07 Å². The van der Waals surface area contributed by atoms with E-state index in [0.29, 0.717) is 23.9 Å². The van der Waals surface area contributed by atoms with E-state index < -0.39 is 0 Å². The van der Waals surface area contributed by atoms with Crippen LogP contribution >= 0.6 is 0 Å². The molecule has 0 aromatic carbocycles. The van der Waals surface area contributed by atoms with Gasteiger partial charge in [-0.15, -0.1) is 0 Å². The van der Waals surface area contributed by atoms with Crippen molar-refractivity contribution in [1.82, 2.24) is 14.9 Å². The average Bonchev–Trinajstić information content (AvgIpc) is 3.43. The topological polar surface area (TPSA) is 154 Å². The summed E-state index contributed by atoms with van der Waals surface area (Å²) < 4.78 is 5.79. The van der Waals surface area contributed by atoms with E-state index in [1.807, 2.05) is 6.07 Å². The van der Waals surface area contributed by atoms with E-state index in [9.17, 15) is 0 Å². The molecular formula is C17H28N6O5. The van der Waals surface area contributed by atoms with E-state index in [-0.39, 0.29) is 12.9 Å². The molecule has 1 aliphatic carbocycles. The van der Waals surface area contributed by atoms with Crippen molar-refractivity contribution in [2.24, 2.45) is 5.92 Å². The molecule has 1 aromatic heterocycles. The molecule has 2 bridgehead atoms. The molecule has 156 valence electrons. The number of rotatable bonds is 3. The fourth-order valence-corrected chi connectivity index (χ4v) is 3.36. The van der Waals surface area contributed by atoms with Gasteiger partial charge in [0, 0.05) is 37.7 Å². The van der Waals surface area contributed by atoms with Gasteiger partial charge < -0.3 is 30.9 Å². The Morgan fingerprint density at radius 2 is 1.86 bits per heavy atom. The molecule has 4 rings (SSSR count). The number of nitrogen functional groups attached to an aromatic ring is 1. The lowest BCUT2D eigenvalue weighted by molar-refractivity contribution is -0.123. The number of nitrogens with zero attached hydrogens (tertiary/aromatic N) is 4. The summed E-state index contributed by atoms with van der Waals surface area (Å²) in [4.78, 5) is 30.3. The number of carboxylic acid groups (broad SMARTS) is 2. The minimum Gasteiger partial charge on any atom is -0.483 e. The Kier molecular flexibility index (Phi) is 8.20. The second-order valence-corrected chi connectivity index (χ2v) is 7.00. The highest BCUT2D eigenvalue weighted by Crippen LogP contribution is 2.27. The monoisotopic (exact) mass is 396 g/mol. The zero-order chi connectivity index (χ0) is 20.5. The fraction of sp³-hybridized carbons (Fsp3) is 0.647. The van der Waals surface area contributed by atoms with Gasteiger partial charge in [-0.2, -0.15) is 9.97 Å². The molecule has 0 spiro atoms. The maximum Gasteiger partial charge on any atom is 0.290 e. The van der Waals surface area contributed by atoms with Crippen LogP contribution in [0.25, 0.3) is 0 Å². The van der Waals surface area contributed by atoms with Crippen LogP contribution in [0.2, 0.25) is 0 Å². The van der Waals surface area contributed by atoms with Crippen molar-refractivity contribution < 1.29 is 24.5 Å². The van der Waals surface area contributed by atoms with Gasteiger partial charge in [0.2, 0.25) is 5.95 Å². The Hall–Kier alpha value is -2.66. The highest BCUT2D eigenvalue weighted by Gasteiger charge is 2.32. The third-order valence-electron chi connectivity index (χ3n) is 4.73. The number of hydrogen-bond donors (Lipinski definition) is 4. The molecule has 11 nitrogen and oxygen atoms in total. The van der Waals surface area contributed by atoms with Crippen molar-refractivity contribution in [1.29, 1.82) is 0 Å². The van der Waals surface area contributed by atoms with Crippen LogP contribution in [0.1, 0.15) is 12.8 Å². The Morgan fingerprint density at radius 3 is 2.50 bits per heavy atom. The first kappa shape index (κ1) is 21.6. The summed E-state index contributed by atoms with van der Waals surface area (Å²) >= 11 is 0. The normalized spacial score (nSPS) is 23.8. The molecular weight excluding hydrogens is 368 g/mol. The van der Waals surface area contributed by atoms with Gasteiger partial charge in [0.25, 0.3) is 12.9 Å². The number of fused-ring (bicyclic) bond motifs is 3. The van der Waals surface area contributed by atoms with Gasteiger partial charge in [0.05, 0.1) is 19.3 Å². The Bertz CT molecular complexity index is 638. The smallest absolute Gasteiger partial charge is 0.290 e. The van der Waals surface area contributed by atoms with Crippen LogP contribution in [-0.4, -0.2) is 90.0 Å². The number of ether oxygens (including phenoxy) is 1. The van der Waals surface area contributed by atoms with Crippen LogP contribution in [-0.2, 0) is 14.3 Å². The van der Waals surface area contributed by atoms with Crippen LogP contribution in [0.4, 0.5) is 17.6 Å². The van der Waals surface area contributed by atoms with Crippen molar-refractivity contribution in [2.45, 2.75) is 24.9 Å². The summed E-state index contributed by atoms with van der Waals surface area (Å²) in [5.74, 6) is 2.64. The number of carbonyl (C=O) groups is 2. The van der Waals surface area contributed by atoms with Crippen molar-refractivity contribution in [3.8, 4) is 0 Å². The van der Waals surface area contributed by atoms with E-state index in [1.165, 1.54) is 12.8 Å². The fourth-order valence-electron chi connectivity index (χ4n) is 3.36. The van der Waals surface area contributed by atoms with Gasteiger partial charge in [-0.25, -0.2) is 0 Å². The highest BCUT2D eigenvalue weighted by molar-refractivity contribution is 5.53. The molecule has 3 heterocycles. The Morgan fingerprint density at radius 1 is 1.18 bits per heavy atom. The summed E-state index contributed by atoms with van der Waals surface area (Å²) in [7, 11) is 2.18. The zero-order valence-corrected chi connectivity index (χ0v) is 15.9. The second kappa shape index (κ2) is 10.6. The summed E-state index contributed by atoms with van der Waals surface area (Å²) in [5.41, 5.74) is 5.92. The molecule has 1 saturated carbocycles. The van der Waals surface area contributed by atoms with E-state index in [4.69, 9.17) is 30.3 Å². The maximum absolute atomic E-state index is 8.36. The number of aromatic nitrogens is 2. The molecule has 11 heteroatoms. The molecule has 0 amide bonds. The Balaban J connectivity index is 0.000000418. The van der Waals surface area contributed by atoms with E-state index in [1.54, 1.807) is 0 Å². The molecule has 5 N–H and O–H groups in total. The Labute approximate surface area is 163 Å². The van der Waals surface area contributed by atoms with Gasteiger partial charge in [0.1, 0.15) is 11.6 Å². The number of likely N-dealkylation sites (N-methyl/N-ethyl adjacent to an activating group) is 1. The summed E-state index contributed by atoms with van der Waals surface area (Å²) in [6.07, 6.45) is 2.43. The molecule has 2 saturated heterocycles. The van der Waals surface area contributed by atoms with Crippen LogP contribution in [0.5, 0.6) is 0 Å². The first-order valence-electron chi connectivity index (χ1n) is 9.10. The largest absolute Gasteiger partial charge is 0.483 e. The molecule has 0 unspecified atom stereocenters. The molecule has 1 aromatic rings. The predicted octanol–water partition coefficient (Wildman–Crippen LogP) is -0.198. The standard InChI is InChI=1S/C15H24N6O.2CH2O2/c1-20-5-10-6-21(7-12(20)9-22-8-10)14-4-13(17-11-2-3-11)18-15(16)19-14;2*2-1-3/h4,10-12H,2-3,5-9H2,1H3,(H3,16,17,18,19);2*1H,(H,2,3)/t10-,12+;;/m1../s1. The second-order valence-electron chi connectivity index (χ2n) is 7.00. The number of nitrogens with one attached hydrogen (secondary N) is 1. The van der Waals surface area contributed by atoms with Crippen molar-refractivity contribution in [3.63, 3.8) is 0 Å². The number of hydrogen-bond acceptors (Lipinski definition) is 9. The maximum atomic E-state index is 8.36. The first-order chi connectivity index (χ1) is 13.5. The third-order valence-corrected chi connectivity index (χ3v) is 4.73. The number of anilines is 3. The molecule has 2 atom stereocenters. The van der Waals surface area contributed by atoms with Gasteiger partial charge >= 0.3 is 0 Å². The molecule has 3 aliphatic rings. The van der Waals surface area contributed by atoms with Crippen LogP contribution in [0.3, 0.4) is 0 Å². The summed E-state index contributed by atoms with van der Waals surface area (Å²) in [5, 5.41) is 17.2. The quantitative estimate of drug-likeness (QED) is 0.502. The highest BCUT2D eigenvalue weighted by atomic mass is 16.5. The van der Waals surface area contributed by atoms with Gasteiger partial charge in [0.15, 0.2) is 0 Å². The molecule has 28 heavy (non-hydrogen) atoms. The van der Waals surface area contributed by atoms with E-state index in [0.717, 1.165) is 44.5 Å². The summed E-state index contributed by atoms with van der Waals surface area (Å²) in [6, 6.07) is 3.00. The molecule has 3 fully saturated rings. The average molecular weight is 396 g/mol. The van der Waals surface area contributed by atoms with E-state index >= 15 is 0 Å². The third kappa shape index (κ3) is 6.50. The lowest BCUT2D eigenvalue weighted by Crippen LogP contribution is -2.42. The predicted molar refractivity (Wildman–Crippen MR) is 103 cm³/mol. The lowest BCUT2D eigenvalue weighted by atomic mass is 10.1. The van der Waals surface area contributed by atoms with Crippen molar-refractivity contribution >= 4 is 30.5 Å². The minimum atomic E-state index is -0.250. The van der Waals surface area contributed by atoms with Crippen molar-refractivity contribution in [2.75, 3.05) is 55.8 Å². The minimum absolute atomic E-state index is 0.250. The van der Waals surface area contributed by atoms with Gasteiger partial charge in [-0.1, -0.05) is 0 Å². The zero-order valence-electron chi connectivity index (χ0n) is 15.9. The number of nitrogens with two attached hydrogens (primary N) is 1. The van der Waals surface area contributed by atoms with Crippen LogP contribution in [0, 0.1) is 5.92 Å². The lowest BCUT2D eigenvalue weighted by Gasteiger charge is -2.30. The van der Waals surface area contributed by atoms with E-state index in [2.05, 4.69) is 32.1 Å². The van der Waals surface area contributed by atoms with Crippen LogP contribution < -0.4 is 16.0 Å². The first-order valence-corrected chi connectivity index (χ1v) is 9.10. The molecule has 0 radical (unpaired) electrons. The van der Waals surface area contributed by atoms with Gasteiger partial charge in [-0.3, -0.25) is 14.5 Å². The molecule has 2 aliphatic heterocycles. The summed E-state index contributed by atoms with van der Waals surface area (Å²) in [6.45, 7) is 4.07. The van der Waals surface area contributed by atoms with Gasteiger partial charge in [-0.05, 0) is 19.9 Å². The van der Waals surface area contributed by atoms with Crippen LogP contribution in [0.15, 0.2) is 6.07 Å². The SMILES string of the molecule is CN1C[C@H]2COC[C@@H]1CN(c1cc(NC3CC3)nc(N)n1)C2.O=CO.O=CO.